The Morgan fingerprint density at radius 2 is 1.67 bits per heavy atom. The molecule has 0 atom stereocenters. The Bertz CT molecular complexity index is 382. The van der Waals surface area contributed by atoms with E-state index in [4.69, 9.17) is 4.74 Å². The molecule has 100 valence electrons. The van der Waals surface area contributed by atoms with E-state index < -0.39 is 17.5 Å². The molecule has 5 heteroatoms. The first-order valence-corrected chi connectivity index (χ1v) is 6.10. The zero-order valence-electron chi connectivity index (χ0n) is 10.1. The van der Waals surface area contributed by atoms with Crippen LogP contribution in [0.5, 0.6) is 0 Å². The van der Waals surface area contributed by atoms with Gasteiger partial charge in [-0.25, -0.2) is 13.2 Å². The number of hydrogen-bond acceptors (Lipinski definition) is 2. The highest BCUT2D eigenvalue weighted by Crippen LogP contribution is 2.16. The van der Waals surface area contributed by atoms with Crippen molar-refractivity contribution in [3.63, 3.8) is 0 Å². The van der Waals surface area contributed by atoms with Crippen molar-refractivity contribution in [1.29, 1.82) is 0 Å². The van der Waals surface area contributed by atoms with Crippen LogP contribution < -0.4 is 0 Å². The monoisotopic (exact) mass is 259 g/mol. The van der Waals surface area contributed by atoms with Crippen LogP contribution in [0.15, 0.2) is 12.1 Å². The molecule has 0 radical (unpaired) electrons. The lowest BCUT2D eigenvalue weighted by molar-refractivity contribution is 0.0374. The molecule has 0 amide bonds. The summed E-state index contributed by atoms with van der Waals surface area (Å²) in [6, 6.07) is 1.46. The maximum atomic E-state index is 13.4. The van der Waals surface area contributed by atoms with Gasteiger partial charge in [-0.2, -0.15) is 0 Å². The Morgan fingerprint density at radius 3 is 2.28 bits per heavy atom. The van der Waals surface area contributed by atoms with Gasteiger partial charge < -0.3 is 4.74 Å². The summed E-state index contributed by atoms with van der Waals surface area (Å²) >= 11 is 0. The molecule has 0 spiro atoms. The van der Waals surface area contributed by atoms with E-state index in [2.05, 4.69) is 4.90 Å². The van der Waals surface area contributed by atoms with Gasteiger partial charge in [-0.15, -0.1) is 0 Å². The molecule has 0 bridgehead atoms. The van der Waals surface area contributed by atoms with Crippen LogP contribution in [0, 0.1) is 17.5 Å². The summed E-state index contributed by atoms with van der Waals surface area (Å²) in [5, 5.41) is 0. The first-order chi connectivity index (χ1) is 8.66. The SMILES string of the molecule is Fc1cc(F)c(CCCN2CCOCC2)c(F)c1. The van der Waals surface area contributed by atoms with Gasteiger partial charge in [0.2, 0.25) is 0 Å². The first kappa shape index (κ1) is 13.4. The molecular weight excluding hydrogens is 243 g/mol. The fourth-order valence-electron chi connectivity index (χ4n) is 2.12. The van der Waals surface area contributed by atoms with Crippen molar-refractivity contribution in [2.24, 2.45) is 0 Å². The van der Waals surface area contributed by atoms with Gasteiger partial charge in [0.05, 0.1) is 13.2 Å². The van der Waals surface area contributed by atoms with Crippen LogP contribution in [-0.2, 0) is 11.2 Å². The van der Waals surface area contributed by atoms with Gasteiger partial charge in [0.25, 0.3) is 0 Å². The Morgan fingerprint density at radius 1 is 1.06 bits per heavy atom. The molecule has 1 aromatic rings. The van der Waals surface area contributed by atoms with E-state index in [1.807, 2.05) is 0 Å². The van der Waals surface area contributed by atoms with Crippen LogP contribution in [0.3, 0.4) is 0 Å². The normalized spacial score (nSPS) is 17.1. The molecule has 1 saturated heterocycles. The number of ether oxygens (including phenoxy) is 1. The minimum atomic E-state index is -0.873. The van der Waals surface area contributed by atoms with Gasteiger partial charge in [-0.05, 0) is 19.4 Å². The van der Waals surface area contributed by atoms with Crippen molar-refractivity contribution < 1.29 is 17.9 Å². The highest BCUT2D eigenvalue weighted by molar-refractivity contribution is 5.20. The summed E-state index contributed by atoms with van der Waals surface area (Å²) in [5.74, 6) is -2.47. The predicted octanol–water partition coefficient (Wildman–Crippen LogP) is 2.37. The lowest BCUT2D eigenvalue weighted by atomic mass is 10.1. The predicted molar refractivity (Wildman–Crippen MR) is 61.9 cm³/mol. The second-order valence-electron chi connectivity index (χ2n) is 4.41. The highest BCUT2D eigenvalue weighted by atomic mass is 19.1. The fraction of sp³-hybridized carbons (Fsp3) is 0.538. The third-order valence-electron chi connectivity index (χ3n) is 3.11. The topological polar surface area (TPSA) is 12.5 Å². The molecular formula is C13H16F3NO. The third-order valence-corrected chi connectivity index (χ3v) is 3.11. The minimum Gasteiger partial charge on any atom is -0.379 e. The lowest BCUT2D eigenvalue weighted by Gasteiger charge is -2.26. The summed E-state index contributed by atoms with van der Waals surface area (Å²) in [4.78, 5) is 2.20. The van der Waals surface area contributed by atoms with Crippen molar-refractivity contribution in [3.8, 4) is 0 Å². The van der Waals surface area contributed by atoms with Gasteiger partial charge in [-0.3, -0.25) is 4.90 Å². The standard InChI is InChI=1S/C13H16F3NO/c14-10-8-12(15)11(13(16)9-10)2-1-3-17-4-6-18-7-5-17/h8-9H,1-7H2. The zero-order chi connectivity index (χ0) is 13.0. The summed E-state index contributed by atoms with van der Waals surface area (Å²) in [7, 11) is 0. The molecule has 1 aliphatic rings. The summed E-state index contributed by atoms with van der Waals surface area (Å²) in [6.07, 6.45) is 0.939. The number of rotatable bonds is 4. The van der Waals surface area contributed by atoms with E-state index in [0.717, 1.165) is 31.8 Å². The van der Waals surface area contributed by atoms with Crippen LogP contribution in [0.1, 0.15) is 12.0 Å². The summed E-state index contributed by atoms with van der Waals surface area (Å²) in [5.41, 5.74) is -0.0235. The smallest absolute Gasteiger partial charge is 0.132 e. The van der Waals surface area contributed by atoms with Gasteiger partial charge >= 0.3 is 0 Å². The average Bonchev–Trinajstić information content (AvgIpc) is 2.34. The second-order valence-corrected chi connectivity index (χ2v) is 4.41. The number of benzene rings is 1. The second kappa shape index (κ2) is 6.20. The molecule has 1 aliphatic heterocycles. The van der Waals surface area contributed by atoms with Gasteiger partial charge in [0.15, 0.2) is 0 Å². The van der Waals surface area contributed by atoms with E-state index in [1.165, 1.54) is 0 Å². The molecule has 0 unspecified atom stereocenters. The maximum Gasteiger partial charge on any atom is 0.132 e. The van der Waals surface area contributed by atoms with Crippen LogP contribution in [0.2, 0.25) is 0 Å². The molecule has 1 fully saturated rings. The van der Waals surface area contributed by atoms with Gasteiger partial charge in [0.1, 0.15) is 17.5 Å². The molecule has 0 N–H and O–H groups in total. The van der Waals surface area contributed by atoms with Crippen molar-refractivity contribution in [2.45, 2.75) is 12.8 Å². The first-order valence-electron chi connectivity index (χ1n) is 6.10. The molecule has 1 aromatic carbocycles. The van der Waals surface area contributed by atoms with Crippen molar-refractivity contribution in [1.82, 2.24) is 4.90 Å². The van der Waals surface area contributed by atoms with E-state index in [0.29, 0.717) is 19.6 Å². The minimum absolute atomic E-state index is 0.0235. The van der Waals surface area contributed by atoms with E-state index in [-0.39, 0.29) is 12.0 Å². The third kappa shape index (κ3) is 3.46. The largest absolute Gasteiger partial charge is 0.379 e. The van der Waals surface area contributed by atoms with Crippen LogP contribution in [0.25, 0.3) is 0 Å². The van der Waals surface area contributed by atoms with E-state index in [9.17, 15) is 13.2 Å². The Labute approximate surface area is 104 Å². The van der Waals surface area contributed by atoms with Crippen molar-refractivity contribution >= 4 is 0 Å². The van der Waals surface area contributed by atoms with Crippen LogP contribution >= 0.6 is 0 Å². The average molecular weight is 259 g/mol. The van der Waals surface area contributed by atoms with Gasteiger partial charge in [-0.1, -0.05) is 0 Å². The molecule has 0 aromatic heterocycles. The lowest BCUT2D eigenvalue weighted by Crippen LogP contribution is -2.37. The quantitative estimate of drug-likeness (QED) is 0.823. The van der Waals surface area contributed by atoms with Crippen LogP contribution in [-0.4, -0.2) is 37.7 Å². The summed E-state index contributed by atoms with van der Waals surface area (Å²) in [6.45, 7) is 3.90. The van der Waals surface area contributed by atoms with Crippen molar-refractivity contribution in [2.75, 3.05) is 32.8 Å². The highest BCUT2D eigenvalue weighted by Gasteiger charge is 2.13. The molecule has 1 heterocycles. The number of morpholine rings is 1. The Balaban J connectivity index is 1.86. The van der Waals surface area contributed by atoms with E-state index in [1.54, 1.807) is 0 Å². The zero-order valence-corrected chi connectivity index (χ0v) is 10.1. The van der Waals surface area contributed by atoms with E-state index >= 15 is 0 Å². The number of halogens is 3. The number of hydrogen-bond donors (Lipinski definition) is 0. The summed E-state index contributed by atoms with van der Waals surface area (Å²) < 4.78 is 44.7. The van der Waals surface area contributed by atoms with Crippen molar-refractivity contribution in [3.05, 3.63) is 35.1 Å². The fourth-order valence-corrected chi connectivity index (χ4v) is 2.12. The maximum absolute atomic E-state index is 13.4. The van der Waals surface area contributed by atoms with Gasteiger partial charge in [0, 0.05) is 30.8 Å². The molecule has 0 saturated carbocycles. The Kier molecular flexibility index (Phi) is 4.60. The molecule has 18 heavy (non-hydrogen) atoms. The molecule has 2 rings (SSSR count). The number of nitrogens with zero attached hydrogens (tertiary/aromatic N) is 1. The van der Waals surface area contributed by atoms with Crippen LogP contribution in [0.4, 0.5) is 13.2 Å². The molecule has 2 nitrogen and oxygen atoms in total. The Hall–Kier alpha value is -1.07. The molecule has 0 aliphatic carbocycles.